The monoisotopic (exact) mass is 543 g/mol. The van der Waals surface area contributed by atoms with E-state index >= 15 is 0 Å². The van der Waals surface area contributed by atoms with Gasteiger partial charge >= 0.3 is 0 Å². The molecule has 1 saturated carbocycles. The summed E-state index contributed by atoms with van der Waals surface area (Å²) in [6.45, 7) is 2.06. The maximum absolute atomic E-state index is 13.9. The smallest absolute Gasteiger partial charge is 0.123 e. The number of hydrogen-bond donors (Lipinski definition) is 2. The Morgan fingerprint density at radius 1 is 1.02 bits per heavy atom. The lowest BCUT2D eigenvalue weighted by atomic mass is 10.00. The highest BCUT2D eigenvalue weighted by Gasteiger charge is 2.27. The predicted octanol–water partition coefficient (Wildman–Crippen LogP) is 6.81. The van der Waals surface area contributed by atoms with Crippen molar-refractivity contribution in [2.45, 2.75) is 44.3 Å². The molecule has 6 rings (SSSR count). The van der Waals surface area contributed by atoms with Gasteiger partial charge in [0, 0.05) is 17.3 Å². The fraction of sp³-hybridized carbons (Fsp3) is 0.219. The van der Waals surface area contributed by atoms with Crippen LogP contribution in [0.2, 0.25) is 0 Å². The van der Waals surface area contributed by atoms with Crippen LogP contribution in [-0.2, 0) is 0 Å². The second-order valence-electron chi connectivity index (χ2n) is 10.0. The first-order valence-corrected chi connectivity index (χ1v) is 13.5. The Morgan fingerprint density at radius 3 is 2.46 bits per heavy atom. The first-order chi connectivity index (χ1) is 20.4. The molecule has 2 atom stereocenters. The lowest BCUT2D eigenvalue weighted by Crippen LogP contribution is -2.14. The number of nitriles is 2. The molecule has 1 aliphatic carbocycles. The minimum absolute atomic E-state index is 0.0991. The number of halogens is 1. The molecule has 1 fully saturated rings. The Labute approximate surface area is 238 Å². The third-order valence-corrected chi connectivity index (χ3v) is 7.23. The first-order valence-electron chi connectivity index (χ1n) is 14.0. The SMILES string of the molecule is [2H]C(Nc1cc(C#N)c2ncc(C#N)c(N[C@H](CC)c3ccccc3)c2c1)(c1ccc(F)cc1)c1cn(C2CC2)nn1. The maximum atomic E-state index is 13.9. The Kier molecular flexibility index (Phi) is 6.68. The number of aromatic nitrogens is 4. The van der Waals surface area contributed by atoms with E-state index in [1.54, 1.807) is 23.0 Å². The molecule has 0 radical (unpaired) electrons. The third-order valence-electron chi connectivity index (χ3n) is 7.23. The first kappa shape index (κ1) is 24.7. The number of nitrogens with one attached hydrogen (secondary N) is 2. The summed E-state index contributed by atoms with van der Waals surface area (Å²) in [5.41, 5.74) is 3.87. The van der Waals surface area contributed by atoms with E-state index in [-0.39, 0.29) is 17.6 Å². The molecule has 202 valence electrons. The molecule has 0 bridgehead atoms. The van der Waals surface area contributed by atoms with Crippen molar-refractivity contribution in [3.8, 4) is 12.1 Å². The second kappa shape index (κ2) is 11.1. The largest absolute Gasteiger partial charge is 0.377 e. The molecular weight excluding hydrogens is 515 g/mol. The number of rotatable bonds is 9. The predicted molar refractivity (Wildman–Crippen MR) is 154 cm³/mol. The summed E-state index contributed by atoms with van der Waals surface area (Å²) < 4.78 is 25.2. The summed E-state index contributed by atoms with van der Waals surface area (Å²) in [6, 6.07) is 21.9. The van der Waals surface area contributed by atoms with Crippen LogP contribution in [0, 0.1) is 28.5 Å². The summed E-state index contributed by atoms with van der Waals surface area (Å²) in [7, 11) is 0. The van der Waals surface area contributed by atoms with Crippen molar-refractivity contribution in [2.75, 3.05) is 10.6 Å². The van der Waals surface area contributed by atoms with Gasteiger partial charge in [0.25, 0.3) is 0 Å². The van der Waals surface area contributed by atoms with Crippen LogP contribution < -0.4 is 10.6 Å². The fourth-order valence-corrected chi connectivity index (χ4v) is 4.94. The van der Waals surface area contributed by atoms with Crippen molar-refractivity contribution >= 4 is 22.3 Å². The zero-order valence-corrected chi connectivity index (χ0v) is 22.3. The van der Waals surface area contributed by atoms with Crippen molar-refractivity contribution in [1.29, 1.82) is 10.5 Å². The number of hydrogen-bond acceptors (Lipinski definition) is 7. The van der Waals surface area contributed by atoms with Gasteiger partial charge in [0.2, 0.25) is 0 Å². The minimum atomic E-state index is -1.66. The molecule has 0 amide bonds. The molecule has 3 aromatic carbocycles. The highest BCUT2D eigenvalue weighted by molar-refractivity contribution is 5.99. The van der Waals surface area contributed by atoms with E-state index in [1.165, 1.54) is 30.5 Å². The van der Waals surface area contributed by atoms with Gasteiger partial charge in [-0.05, 0) is 54.7 Å². The standard InChI is InChI=1S/C32H27FN8/c1-2-28(20-6-4-3-5-7-20)38-31-23(17-35)18-36-30-22(16-34)14-25(15-27(30)31)37-32(21-8-10-24(33)11-9-21)29-19-41(40-39-29)26-12-13-26/h3-11,14-15,18-19,26,28,32,37H,2,12-13H2,1H3,(H,36,38)/t28-,32?/m1/s1/i32D. The Balaban J connectivity index is 1.49. The molecule has 0 spiro atoms. The quantitative estimate of drug-likeness (QED) is 0.210. The third kappa shape index (κ3) is 5.30. The van der Waals surface area contributed by atoms with Crippen molar-refractivity contribution in [1.82, 2.24) is 20.0 Å². The number of benzene rings is 3. The van der Waals surface area contributed by atoms with Crippen LogP contribution >= 0.6 is 0 Å². The normalized spacial score (nSPS) is 15.3. The van der Waals surface area contributed by atoms with Crippen molar-refractivity contribution in [3.63, 3.8) is 0 Å². The summed E-state index contributed by atoms with van der Waals surface area (Å²) in [4.78, 5) is 4.46. The molecule has 8 nitrogen and oxygen atoms in total. The number of fused-ring (bicyclic) bond motifs is 1. The number of pyridine rings is 1. The molecule has 1 unspecified atom stereocenters. The summed E-state index contributed by atoms with van der Waals surface area (Å²) >= 11 is 0. The Bertz CT molecular complexity index is 1840. The highest BCUT2D eigenvalue weighted by atomic mass is 19.1. The van der Waals surface area contributed by atoms with Gasteiger partial charge in [-0.1, -0.05) is 54.6 Å². The van der Waals surface area contributed by atoms with E-state index in [9.17, 15) is 16.3 Å². The van der Waals surface area contributed by atoms with Gasteiger partial charge in [-0.15, -0.1) is 5.10 Å². The second-order valence-corrected chi connectivity index (χ2v) is 10.0. The van der Waals surface area contributed by atoms with Gasteiger partial charge in [-0.25, -0.2) is 9.07 Å². The Hall–Kier alpha value is -5.28. The molecular formula is C32H27FN8. The van der Waals surface area contributed by atoms with E-state index in [0.717, 1.165) is 24.8 Å². The van der Waals surface area contributed by atoms with Gasteiger partial charge < -0.3 is 10.6 Å². The molecule has 2 aromatic heterocycles. The van der Waals surface area contributed by atoms with Crippen molar-refractivity contribution < 1.29 is 5.76 Å². The average Bonchev–Trinajstić information content (AvgIpc) is 3.75. The van der Waals surface area contributed by atoms with Gasteiger partial charge in [-0.2, -0.15) is 10.5 Å². The highest BCUT2D eigenvalue weighted by Crippen LogP contribution is 2.37. The zero-order valence-electron chi connectivity index (χ0n) is 23.3. The van der Waals surface area contributed by atoms with E-state index in [2.05, 4.69) is 45.0 Å². The van der Waals surface area contributed by atoms with Crippen LogP contribution in [-0.4, -0.2) is 20.0 Å². The van der Waals surface area contributed by atoms with E-state index in [0.29, 0.717) is 39.1 Å². The topological polar surface area (TPSA) is 115 Å². The fourth-order valence-electron chi connectivity index (χ4n) is 4.94. The molecule has 0 aliphatic heterocycles. The maximum Gasteiger partial charge on any atom is 0.123 e. The lowest BCUT2D eigenvalue weighted by molar-refractivity contribution is 0.610. The molecule has 2 N–H and O–H groups in total. The molecule has 0 saturated heterocycles. The lowest BCUT2D eigenvalue weighted by Gasteiger charge is -2.22. The van der Waals surface area contributed by atoms with E-state index in [1.807, 2.05) is 30.3 Å². The zero-order chi connectivity index (χ0) is 29.3. The van der Waals surface area contributed by atoms with Crippen LogP contribution in [0.15, 0.2) is 79.1 Å². The van der Waals surface area contributed by atoms with Crippen LogP contribution in [0.1, 0.15) is 73.6 Å². The van der Waals surface area contributed by atoms with Crippen molar-refractivity contribution in [3.05, 3.63) is 113 Å². The van der Waals surface area contributed by atoms with Gasteiger partial charge in [0.05, 0.1) is 48.0 Å². The van der Waals surface area contributed by atoms with Crippen LogP contribution in [0.4, 0.5) is 15.8 Å². The minimum Gasteiger partial charge on any atom is -0.377 e. The average molecular weight is 544 g/mol. The summed E-state index contributed by atoms with van der Waals surface area (Å²) in [5.74, 6) is -0.421. The van der Waals surface area contributed by atoms with Crippen molar-refractivity contribution in [2.24, 2.45) is 0 Å². The molecule has 5 aromatic rings. The van der Waals surface area contributed by atoms with E-state index in [4.69, 9.17) is 0 Å². The summed E-state index contributed by atoms with van der Waals surface area (Å²) in [5, 5.41) is 36.0. The Morgan fingerprint density at radius 2 is 1.78 bits per heavy atom. The van der Waals surface area contributed by atoms with Crippen LogP contribution in [0.25, 0.3) is 10.9 Å². The van der Waals surface area contributed by atoms with E-state index < -0.39 is 11.8 Å². The van der Waals surface area contributed by atoms with Crippen LogP contribution in [0.5, 0.6) is 0 Å². The van der Waals surface area contributed by atoms with Gasteiger partial charge in [0.1, 0.15) is 23.6 Å². The molecule has 2 heterocycles. The molecule has 41 heavy (non-hydrogen) atoms. The molecule has 1 aliphatic rings. The number of nitrogens with zero attached hydrogens (tertiary/aromatic N) is 6. The van der Waals surface area contributed by atoms with Gasteiger partial charge in [-0.3, -0.25) is 4.98 Å². The van der Waals surface area contributed by atoms with Crippen LogP contribution in [0.3, 0.4) is 0 Å². The number of anilines is 2. The molecule has 9 heteroatoms. The summed E-state index contributed by atoms with van der Waals surface area (Å²) in [6.07, 6.45) is 5.96. The van der Waals surface area contributed by atoms with Gasteiger partial charge in [0.15, 0.2) is 0 Å².